The van der Waals surface area contributed by atoms with Crippen LogP contribution in [0.25, 0.3) is 0 Å². The molecule has 1 aromatic rings. The standard InChI is InChI=1S/C22H34N2O2/c1-2-19-11-5-6-15-24(19)16-8-14-23-22(25)17-26-21-13-7-10-18-9-3-4-12-20(18)21/h7,10,13,19H,2-6,8-9,11-12,14-17H2,1H3,(H,23,25). The molecule has 1 aromatic carbocycles. The van der Waals surface area contributed by atoms with Gasteiger partial charge >= 0.3 is 0 Å². The predicted molar refractivity (Wildman–Crippen MR) is 106 cm³/mol. The highest BCUT2D eigenvalue weighted by Gasteiger charge is 2.20. The van der Waals surface area contributed by atoms with Gasteiger partial charge in [0.05, 0.1) is 0 Å². The van der Waals surface area contributed by atoms with Crippen molar-refractivity contribution in [2.24, 2.45) is 0 Å². The number of nitrogens with one attached hydrogen (secondary N) is 1. The summed E-state index contributed by atoms with van der Waals surface area (Å²) in [6.07, 6.45) is 10.9. The molecule has 4 nitrogen and oxygen atoms in total. The lowest BCUT2D eigenvalue weighted by molar-refractivity contribution is -0.123. The number of hydrogen-bond donors (Lipinski definition) is 1. The van der Waals surface area contributed by atoms with E-state index in [1.54, 1.807) is 0 Å². The molecule has 1 amide bonds. The minimum atomic E-state index is -0.0101. The molecule has 0 spiro atoms. The van der Waals surface area contributed by atoms with Crippen LogP contribution < -0.4 is 10.1 Å². The number of nitrogens with zero attached hydrogens (tertiary/aromatic N) is 1. The minimum absolute atomic E-state index is 0.0101. The van der Waals surface area contributed by atoms with Gasteiger partial charge in [-0.05, 0) is 75.1 Å². The van der Waals surface area contributed by atoms with Crippen LogP contribution in [0.4, 0.5) is 0 Å². The predicted octanol–water partition coefficient (Wildman–Crippen LogP) is 3.72. The van der Waals surface area contributed by atoms with Gasteiger partial charge in [-0.15, -0.1) is 0 Å². The zero-order valence-electron chi connectivity index (χ0n) is 16.3. The Morgan fingerprint density at radius 3 is 3.00 bits per heavy atom. The number of amides is 1. The average Bonchev–Trinajstić information content (AvgIpc) is 2.70. The second-order valence-electron chi connectivity index (χ2n) is 7.69. The van der Waals surface area contributed by atoms with E-state index in [1.807, 2.05) is 12.1 Å². The molecule has 0 saturated carbocycles. The van der Waals surface area contributed by atoms with Gasteiger partial charge in [0.2, 0.25) is 0 Å². The van der Waals surface area contributed by atoms with E-state index in [-0.39, 0.29) is 12.5 Å². The fourth-order valence-electron chi connectivity index (χ4n) is 4.40. The lowest BCUT2D eigenvalue weighted by atomic mass is 9.91. The van der Waals surface area contributed by atoms with E-state index in [4.69, 9.17) is 4.74 Å². The summed E-state index contributed by atoms with van der Waals surface area (Å²) in [7, 11) is 0. The Morgan fingerprint density at radius 1 is 1.23 bits per heavy atom. The van der Waals surface area contributed by atoms with E-state index in [1.165, 1.54) is 56.2 Å². The third-order valence-electron chi connectivity index (χ3n) is 5.88. The number of carbonyl (C=O) groups is 1. The normalized spacial score (nSPS) is 20.4. The number of likely N-dealkylation sites (tertiary alicyclic amines) is 1. The molecule has 1 fully saturated rings. The maximum atomic E-state index is 12.1. The van der Waals surface area contributed by atoms with Crippen molar-refractivity contribution in [2.75, 3.05) is 26.2 Å². The Labute approximate surface area is 158 Å². The SMILES string of the molecule is CCC1CCCCN1CCCNC(=O)COc1cccc2c1CCCC2. The van der Waals surface area contributed by atoms with Crippen LogP contribution >= 0.6 is 0 Å². The molecule has 144 valence electrons. The van der Waals surface area contributed by atoms with Crippen LogP contribution in [0.3, 0.4) is 0 Å². The Kier molecular flexibility index (Phi) is 7.36. The Balaban J connectivity index is 1.36. The van der Waals surface area contributed by atoms with Crippen molar-refractivity contribution in [1.82, 2.24) is 10.2 Å². The highest BCUT2D eigenvalue weighted by molar-refractivity contribution is 5.77. The molecule has 1 atom stereocenters. The summed E-state index contributed by atoms with van der Waals surface area (Å²) in [6, 6.07) is 6.97. The minimum Gasteiger partial charge on any atom is -0.483 e. The molecule has 1 unspecified atom stereocenters. The molecule has 0 bridgehead atoms. The van der Waals surface area contributed by atoms with E-state index in [0.29, 0.717) is 0 Å². The summed E-state index contributed by atoms with van der Waals surface area (Å²) in [6.45, 7) is 5.45. The van der Waals surface area contributed by atoms with Gasteiger partial charge in [0.15, 0.2) is 6.61 Å². The molecule has 26 heavy (non-hydrogen) atoms. The van der Waals surface area contributed by atoms with E-state index < -0.39 is 0 Å². The average molecular weight is 359 g/mol. The van der Waals surface area contributed by atoms with Crippen LogP contribution in [0.1, 0.15) is 63.0 Å². The fourth-order valence-corrected chi connectivity index (χ4v) is 4.40. The highest BCUT2D eigenvalue weighted by atomic mass is 16.5. The summed E-state index contributed by atoms with van der Waals surface area (Å²) in [4.78, 5) is 14.7. The number of aryl methyl sites for hydroxylation is 1. The quantitative estimate of drug-likeness (QED) is 0.720. The van der Waals surface area contributed by atoms with Gasteiger partial charge in [-0.2, -0.15) is 0 Å². The summed E-state index contributed by atoms with van der Waals surface area (Å²) < 4.78 is 5.83. The maximum Gasteiger partial charge on any atom is 0.257 e. The van der Waals surface area contributed by atoms with E-state index in [9.17, 15) is 4.79 Å². The molecule has 1 aliphatic carbocycles. The van der Waals surface area contributed by atoms with Crippen molar-refractivity contribution >= 4 is 5.91 Å². The molecule has 1 saturated heterocycles. The molecule has 1 N–H and O–H groups in total. The number of benzene rings is 1. The van der Waals surface area contributed by atoms with Gasteiger partial charge in [-0.3, -0.25) is 4.79 Å². The van der Waals surface area contributed by atoms with Gasteiger partial charge in [-0.25, -0.2) is 0 Å². The molecule has 1 aliphatic heterocycles. The van der Waals surface area contributed by atoms with E-state index in [2.05, 4.69) is 23.2 Å². The first-order valence-corrected chi connectivity index (χ1v) is 10.5. The van der Waals surface area contributed by atoms with Crippen LogP contribution in [-0.4, -0.2) is 43.1 Å². The van der Waals surface area contributed by atoms with Crippen molar-refractivity contribution in [1.29, 1.82) is 0 Å². The number of piperidine rings is 1. The first-order chi connectivity index (χ1) is 12.8. The smallest absolute Gasteiger partial charge is 0.257 e. The molecular weight excluding hydrogens is 324 g/mol. The lowest BCUT2D eigenvalue weighted by Gasteiger charge is -2.35. The molecule has 0 radical (unpaired) electrons. The van der Waals surface area contributed by atoms with Crippen molar-refractivity contribution in [3.05, 3.63) is 29.3 Å². The first kappa shape index (κ1) is 19.2. The number of rotatable bonds is 8. The Hall–Kier alpha value is -1.55. The summed E-state index contributed by atoms with van der Waals surface area (Å²) in [5.41, 5.74) is 2.70. The fraction of sp³-hybridized carbons (Fsp3) is 0.682. The van der Waals surface area contributed by atoms with Gasteiger partial charge < -0.3 is 15.0 Å². The molecule has 4 heteroatoms. The zero-order valence-corrected chi connectivity index (χ0v) is 16.3. The van der Waals surface area contributed by atoms with Gasteiger partial charge in [0.1, 0.15) is 5.75 Å². The number of ether oxygens (including phenoxy) is 1. The molecule has 0 aromatic heterocycles. The van der Waals surface area contributed by atoms with Crippen LogP contribution in [0.15, 0.2) is 18.2 Å². The van der Waals surface area contributed by atoms with Gasteiger partial charge in [-0.1, -0.05) is 25.5 Å². The van der Waals surface area contributed by atoms with Crippen LogP contribution in [0.2, 0.25) is 0 Å². The van der Waals surface area contributed by atoms with Gasteiger partial charge in [0.25, 0.3) is 5.91 Å². The molecule has 3 rings (SSSR count). The maximum absolute atomic E-state index is 12.1. The van der Waals surface area contributed by atoms with Crippen LogP contribution in [-0.2, 0) is 17.6 Å². The number of hydrogen-bond acceptors (Lipinski definition) is 3. The number of carbonyl (C=O) groups excluding carboxylic acids is 1. The summed E-state index contributed by atoms with van der Waals surface area (Å²) >= 11 is 0. The van der Waals surface area contributed by atoms with Crippen molar-refractivity contribution in [3.8, 4) is 5.75 Å². The second-order valence-corrected chi connectivity index (χ2v) is 7.69. The van der Waals surface area contributed by atoms with E-state index >= 15 is 0 Å². The third kappa shape index (κ3) is 5.23. The first-order valence-electron chi connectivity index (χ1n) is 10.5. The van der Waals surface area contributed by atoms with E-state index in [0.717, 1.165) is 44.1 Å². The molecule has 1 heterocycles. The van der Waals surface area contributed by atoms with Gasteiger partial charge in [0, 0.05) is 19.1 Å². The highest BCUT2D eigenvalue weighted by Crippen LogP contribution is 2.29. The lowest BCUT2D eigenvalue weighted by Crippen LogP contribution is -2.41. The number of fused-ring (bicyclic) bond motifs is 1. The summed E-state index contributed by atoms with van der Waals surface area (Å²) in [5, 5.41) is 3.01. The van der Waals surface area contributed by atoms with Crippen molar-refractivity contribution in [2.45, 2.75) is 70.8 Å². The monoisotopic (exact) mass is 358 g/mol. The molecular formula is C22H34N2O2. The van der Waals surface area contributed by atoms with Crippen LogP contribution in [0.5, 0.6) is 5.75 Å². The topological polar surface area (TPSA) is 41.6 Å². The summed E-state index contributed by atoms with van der Waals surface area (Å²) in [5.74, 6) is 0.889. The third-order valence-corrected chi connectivity index (χ3v) is 5.88. The molecule has 2 aliphatic rings. The van der Waals surface area contributed by atoms with Crippen molar-refractivity contribution < 1.29 is 9.53 Å². The Bertz CT molecular complexity index is 588. The van der Waals surface area contributed by atoms with Crippen molar-refractivity contribution in [3.63, 3.8) is 0 Å². The Morgan fingerprint density at radius 2 is 2.12 bits per heavy atom. The second kappa shape index (κ2) is 9.96. The largest absolute Gasteiger partial charge is 0.483 e. The van der Waals surface area contributed by atoms with Crippen LogP contribution in [0, 0.1) is 0 Å². The zero-order chi connectivity index (χ0) is 18.2.